The highest BCUT2D eigenvalue weighted by molar-refractivity contribution is 8.45. The van der Waals surface area contributed by atoms with Gasteiger partial charge in [-0.1, -0.05) is 19.4 Å². The molecular formula is C24H30F7N5O3S. The maximum absolute atomic E-state index is 13.8. The molecule has 40 heavy (non-hydrogen) atoms. The van der Waals surface area contributed by atoms with Gasteiger partial charge in [-0.05, 0) is 51.0 Å². The van der Waals surface area contributed by atoms with Crippen molar-refractivity contribution < 1.29 is 42.9 Å². The smallest absolute Gasteiger partial charge is 0.310 e. The molecule has 0 bridgehead atoms. The molecule has 224 valence electrons. The summed E-state index contributed by atoms with van der Waals surface area (Å²) in [6.07, 6.45) is 0.0739. The van der Waals surface area contributed by atoms with Crippen molar-refractivity contribution in [2.75, 3.05) is 11.4 Å². The van der Waals surface area contributed by atoms with Crippen LogP contribution in [-0.4, -0.2) is 57.0 Å². The molecule has 1 aromatic carbocycles. The number of aryl methyl sites for hydroxylation is 1. The van der Waals surface area contributed by atoms with E-state index in [9.17, 15) is 42.9 Å². The molecule has 8 nitrogen and oxygen atoms in total. The first-order chi connectivity index (χ1) is 18.2. The first kappa shape index (κ1) is 30.1. The molecule has 1 unspecified atom stereocenters. The molecule has 0 spiro atoms. The summed E-state index contributed by atoms with van der Waals surface area (Å²) in [6.45, 7) is 2.99. The van der Waals surface area contributed by atoms with E-state index in [0.717, 1.165) is 4.90 Å². The number of aromatic amines is 1. The van der Waals surface area contributed by atoms with Crippen molar-refractivity contribution in [3.8, 4) is 0 Å². The number of hydrogen-bond donors (Lipinski definition) is 4. The van der Waals surface area contributed by atoms with E-state index >= 15 is 0 Å². The molecule has 0 radical (unpaired) electrons. The van der Waals surface area contributed by atoms with Gasteiger partial charge in [-0.15, -0.1) is 0 Å². The van der Waals surface area contributed by atoms with Crippen LogP contribution in [0.25, 0.3) is 0 Å². The number of anilines is 1. The number of alkyl halides is 2. The monoisotopic (exact) mass is 601 g/mol. The minimum absolute atomic E-state index is 0.00498. The van der Waals surface area contributed by atoms with Gasteiger partial charge in [0.15, 0.2) is 6.04 Å². The molecule has 16 heteroatoms. The number of hydrogen-bond acceptors (Lipinski definition) is 5. The third kappa shape index (κ3) is 6.71. The molecule has 1 saturated carbocycles. The average Bonchev–Trinajstić information content (AvgIpc) is 3.41. The fourth-order valence-electron chi connectivity index (χ4n) is 5.01. The Morgan fingerprint density at radius 3 is 2.20 bits per heavy atom. The molecule has 4 N–H and O–H groups in total. The van der Waals surface area contributed by atoms with Crippen molar-refractivity contribution in [1.82, 2.24) is 20.6 Å². The van der Waals surface area contributed by atoms with E-state index in [4.69, 9.17) is 0 Å². The summed E-state index contributed by atoms with van der Waals surface area (Å²) in [5, 5.41) is 15.8. The van der Waals surface area contributed by atoms with Crippen LogP contribution < -0.4 is 15.5 Å². The van der Waals surface area contributed by atoms with E-state index in [1.165, 1.54) is 20.2 Å². The Labute approximate surface area is 225 Å². The second kappa shape index (κ2) is 9.34. The minimum Gasteiger partial charge on any atom is -0.389 e. The summed E-state index contributed by atoms with van der Waals surface area (Å²) in [4.78, 5) is 33.1. The highest BCUT2D eigenvalue weighted by Crippen LogP contribution is 3.02. The number of carbonyl (C=O) groups is 2. The summed E-state index contributed by atoms with van der Waals surface area (Å²) in [5.41, 5.74) is -1.30. The Hall–Kier alpha value is -2.85. The van der Waals surface area contributed by atoms with E-state index in [2.05, 4.69) is 20.6 Å². The van der Waals surface area contributed by atoms with Gasteiger partial charge in [-0.3, -0.25) is 14.5 Å². The van der Waals surface area contributed by atoms with E-state index in [-0.39, 0.29) is 49.3 Å². The Kier molecular flexibility index (Phi) is 7.03. The molecule has 1 aliphatic carbocycles. The molecular weight excluding hydrogens is 571 g/mol. The van der Waals surface area contributed by atoms with Gasteiger partial charge in [-0.2, -0.15) is 0 Å². The summed E-state index contributed by atoms with van der Waals surface area (Å²) in [7, 11) is -10.0. The van der Waals surface area contributed by atoms with Gasteiger partial charge in [0.05, 0.1) is 23.7 Å². The van der Waals surface area contributed by atoms with Crippen LogP contribution >= 0.6 is 10.2 Å². The number of amides is 2. The first-order valence-corrected chi connectivity index (χ1v) is 14.4. The standard InChI is InChI=1S/C24H30F7N5O3S/c1-14-19(34-13-33-14)20(21(37)35-15-7-9-24(25,26)10-8-15)36(22(38)18-11-23(2,39)12-32-18)16-3-5-17(6-4-16)40(27,28,29,30)31/h3-6,13,15,18,20,32,39H,7-12H2,1-2H3,(H,33,34)(H,35,37)/t18-,20?,23-/m1/s1. The largest absolute Gasteiger partial charge is 0.389 e. The third-order valence-corrected chi connectivity index (χ3v) is 8.33. The molecule has 1 saturated heterocycles. The fraction of sp³-hybridized carbons (Fsp3) is 0.542. The van der Waals surface area contributed by atoms with Gasteiger partial charge in [0.1, 0.15) is 4.90 Å². The number of aliphatic hydroxyl groups is 1. The number of rotatable bonds is 7. The van der Waals surface area contributed by atoms with Crippen LogP contribution in [0.1, 0.15) is 56.5 Å². The minimum atomic E-state index is -10.0. The average molecular weight is 602 g/mol. The van der Waals surface area contributed by atoms with Crippen molar-refractivity contribution in [3.63, 3.8) is 0 Å². The summed E-state index contributed by atoms with van der Waals surface area (Å²) in [5.74, 6) is -4.56. The van der Waals surface area contributed by atoms with Gasteiger partial charge in [-0.25, -0.2) is 13.8 Å². The molecule has 4 rings (SSSR count). The van der Waals surface area contributed by atoms with Crippen LogP contribution in [0.4, 0.5) is 33.9 Å². The van der Waals surface area contributed by atoms with Crippen LogP contribution in [0.5, 0.6) is 0 Å². The van der Waals surface area contributed by atoms with Gasteiger partial charge >= 0.3 is 10.2 Å². The molecule has 2 amide bonds. The Morgan fingerprint density at radius 1 is 1.12 bits per heavy atom. The molecule has 2 fully saturated rings. The second-order valence-electron chi connectivity index (χ2n) is 10.8. The van der Waals surface area contributed by atoms with Crippen LogP contribution in [0.15, 0.2) is 35.5 Å². The lowest BCUT2D eigenvalue weighted by Gasteiger charge is -2.41. The maximum atomic E-state index is 13.8. The van der Waals surface area contributed by atoms with E-state index in [1.807, 2.05) is 0 Å². The number of halogens is 7. The number of β-amino-alcohol motifs (C(OH)–C–C–N with tert-alkyl or cyclic N) is 1. The first-order valence-electron chi connectivity index (χ1n) is 12.5. The summed E-state index contributed by atoms with van der Waals surface area (Å²) in [6, 6.07) is -1.81. The number of imidazole rings is 1. The van der Waals surface area contributed by atoms with Crippen LogP contribution in [0.2, 0.25) is 0 Å². The van der Waals surface area contributed by atoms with Crippen molar-refractivity contribution in [2.45, 2.75) is 80.5 Å². The van der Waals surface area contributed by atoms with E-state index < -0.39 is 69.4 Å². The maximum Gasteiger partial charge on any atom is 0.310 e. The number of nitrogens with one attached hydrogen (secondary N) is 3. The molecule has 3 atom stereocenters. The van der Waals surface area contributed by atoms with Crippen molar-refractivity contribution in [1.29, 1.82) is 0 Å². The highest BCUT2D eigenvalue weighted by Gasteiger charge is 2.65. The van der Waals surface area contributed by atoms with E-state index in [1.54, 1.807) is 0 Å². The predicted molar refractivity (Wildman–Crippen MR) is 134 cm³/mol. The summed E-state index contributed by atoms with van der Waals surface area (Å²) >= 11 is 0. The fourth-order valence-corrected chi connectivity index (χ4v) is 5.66. The lowest BCUT2D eigenvalue weighted by molar-refractivity contribution is -0.128. The van der Waals surface area contributed by atoms with Crippen LogP contribution in [-0.2, 0) is 9.59 Å². The van der Waals surface area contributed by atoms with Crippen molar-refractivity contribution in [2.24, 2.45) is 0 Å². The number of benzene rings is 1. The normalized spacial score (nSPS) is 26.0. The van der Waals surface area contributed by atoms with Crippen LogP contribution in [0, 0.1) is 6.92 Å². The Morgan fingerprint density at radius 2 is 1.73 bits per heavy atom. The van der Waals surface area contributed by atoms with Gasteiger partial charge in [0, 0.05) is 43.2 Å². The number of H-pyrrole nitrogens is 1. The Balaban J connectivity index is 1.77. The van der Waals surface area contributed by atoms with Crippen molar-refractivity contribution in [3.05, 3.63) is 42.0 Å². The number of carbonyl (C=O) groups excluding carboxylic acids is 2. The highest BCUT2D eigenvalue weighted by atomic mass is 32.5. The second-order valence-corrected chi connectivity index (χ2v) is 13.2. The zero-order chi connectivity index (χ0) is 29.8. The number of nitrogens with zero attached hydrogens (tertiary/aromatic N) is 2. The zero-order valence-electron chi connectivity index (χ0n) is 21.6. The quantitative estimate of drug-likeness (QED) is 0.324. The predicted octanol–water partition coefficient (Wildman–Crippen LogP) is 5.26. The molecule has 2 aromatic rings. The SMILES string of the molecule is Cc1[nH]cnc1C(C(=O)NC1CCC(F)(F)CC1)N(C(=O)[C@H]1C[C@@](C)(O)CN1)c1ccc(S(F)(F)(F)(F)F)cc1. The lowest BCUT2D eigenvalue weighted by atomic mass is 9.92. The van der Waals surface area contributed by atoms with Crippen molar-refractivity contribution >= 4 is 27.7 Å². The topological polar surface area (TPSA) is 110 Å². The lowest BCUT2D eigenvalue weighted by Crippen LogP contribution is -2.52. The molecule has 1 aromatic heterocycles. The van der Waals surface area contributed by atoms with Gasteiger partial charge in [0.2, 0.25) is 17.7 Å². The molecule has 2 aliphatic rings. The zero-order valence-corrected chi connectivity index (χ0v) is 22.4. The van der Waals surface area contributed by atoms with Gasteiger partial charge in [0.25, 0.3) is 0 Å². The molecule has 2 heterocycles. The third-order valence-electron chi connectivity index (χ3n) is 7.17. The number of aromatic nitrogens is 2. The van der Waals surface area contributed by atoms with Crippen LogP contribution in [0.3, 0.4) is 0 Å². The summed E-state index contributed by atoms with van der Waals surface area (Å²) < 4.78 is 94.3. The molecule has 1 aliphatic heterocycles. The Bertz CT molecular complexity index is 1280. The van der Waals surface area contributed by atoms with E-state index in [0.29, 0.717) is 17.8 Å². The van der Waals surface area contributed by atoms with Gasteiger partial charge < -0.3 is 20.7 Å².